The summed E-state index contributed by atoms with van der Waals surface area (Å²) in [5.41, 5.74) is 0. The Morgan fingerprint density at radius 2 is 1.54 bits per heavy atom. The number of amides is 2. The molecule has 0 aromatic rings. The fraction of sp³-hybridized carbons (Fsp3) is 0.864. The van der Waals surface area contributed by atoms with Crippen molar-refractivity contribution in [3.05, 3.63) is 12.2 Å². The molecule has 1 atom stereocenters. The molecule has 1 fully saturated rings. The molecule has 2 amide bonds. The summed E-state index contributed by atoms with van der Waals surface area (Å²) >= 11 is 0. The quantitative estimate of drug-likeness (QED) is 0.252. The van der Waals surface area contributed by atoms with Crippen LogP contribution in [0.25, 0.3) is 0 Å². The van der Waals surface area contributed by atoms with Gasteiger partial charge in [0.15, 0.2) is 6.23 Å². The van der Waals surface area contributed by atoms with E-state index in [2.05, 4.69) is 18.3 Å². The van der Waals surface area contributed by atoms with E-state index in [0.717, 1.165) is 19.5 Å². The van der Waals surface area contributed by atoms with Gasteiger partial charge >= 0.3 is 6.03 Å². The summed E-state index contributed by atoms with van der Waals surface area (Å²) < 4.78 is 5.69. The smallest absolute Gasteiger partial charge is 0.319 e. The molecule has 26 heavy (non-hydrogen) atoms. The highest BCUT2D eigenvalue weighted by molar-refractivity contribution is 5.76. The van der Waals surface area contributed by atoms with Gasteiger partial charge in [-0.15, -0.1) is 0 Å². The van der Waals surface area contributed by atoms with E-state index in [1.54, 1.807) is 4.90 Å². The number of ether oxygens (including phenoxy) is 1. The molecule has 0 aromatic heterocycles. The maximum Gasteiger partial charge on any atom is 0.319 e. The van der Waals surface area contributed by atoms with Gasteiger partial charge in [0, 0.05) is 19.7 Å². The number of hydrogen-bond acceptors (Lipinski definition) is 2. The number of urea groups is 1. The molecule has 0 spiro atoms. The van der Waals surface area contributed by atoms with Crippen molar-refractivity contribution < 1.29 is 9.53 Å². The van der Waals surface area contributed by atoms with E-state index in [0.29, 0.717) is 6.61 Å². The van der Waals surface area contributed by atoms with E-state index in [9.17, 15) is 4.79 Å². The van der Waals surface area contributed by atoms with Crippen LogP contribution in [0, 0.1) is 0 Å². The number of allylic oxidation sites excluding steroid dienone is 1. The van der Waals surface area contributed by atoms with Crippen LogP contribution >= 0.6 is 0 Å². The molecule has 0 aliphatic carbocycles. The maximum absolute atomic E-state index is 11.7. The average Bonchev–Trinajstić information content (AvgIpc) is 3.07. The third-order valence-corrected chi connectivity index (χ3v) is 5.06. The van der Waals surface area contributed by atoms with Crippen LogP contribution in [-0.2, 0) is 4.74 Å². The van der Waals surface area contributed by atoms with Gasteiger partial charge in [0.1, 0.15) is 0 Å². The summed E-state index contributed by atoms with van der Waals surface area (Å²) in [6, 6.07) is -0.0153. The molecule has 1 aliphatic heterocycles. The lowest BCUT2D eigenvalue weighted by atomic mass is 10.0. The molecule has 1 N–H and O–H groups in total. The van der Waals surface area contributed by atoms with Gasteiger partial charge in [-0.05, 0) is 25.8 Å². The molecule has 0 bridgehead atoms. The minimum atomic E-state index is -0.208. The highest BCUT2D eigenvalue weighted by Crippen LogP contribution is 2.13. The zero-order chi connectivity index (χ0) is 18.9. The lowest BCUT2D eigenvalue weighted by Gasteiger charge is -2.23. The first-order valence-electron chi connectivity index (χ1n) is 11.1. The molecule has 0 aromatic carbocycles. The zero-order valence-corrected chi connectivity index (χ0v) is 17.3. The fourth-order valence-electron chi connectivity index (χ4n) is 3.47. The van der Waals surface area contributed by atoms with Crippen molar-refractivity contribution in [2.24, 2.45) is 0 Å². The number of carbonyl (C=O) groups excluding carboxylic acids is 1. The van der Waals surface area contributed by atoms with Crippen molar-refractivity contribution in [1.29, 1.82) is 0 Å². The van der Waals surface area contributed by atoms with Crippen molar-refractivity contribution in [1.82, 2.24) is 10.2 Å². The fourth-order valence-corrected chi connectivity index (χ4v) is 3.47. The van der Waals surface area contributed by atoms with Crippen LogP contribution in [0.2, 0.25) is 0 Å². The SMILES string of the molecule is CCCCCCCCCCCCCCC=CC(OCC)N1CCNC1=O. The molecule has 4 nitrogen and oxygen atoms in total. The van der Waals surface area contributed by atoms with E-state index in [1.165, 1.54) is 77.0 Å². The van der Waals surface area contributed by atoms with Crippen LogP contribution in [0.15, 0.2) is 12.2 Å². The molecule has 1 heterocycles. The minimum Gasteiger partial charge on any atom is -0.355 e. The van der Waals surface area contributed by atoms with Crippen LogP contribution in [0.3, 0.4) is 0 Å². The molecule has 1 aliphatic rings. The van der Waals surface area contributed by atoms with Gasteiger partial charge in [-0.3, -0.25) is 4.90 Å². The van der Waals surface area contributed by atoms with E-state index in [1.807, 2.05) is 13.0 Å². The second kappa shape index (κ2) is 16.2. The maximum atomic E-state index is 11.7. The Bertz CT molecular complexity index is 371. The monoisotopic (exact) mass is 366 g/mol. The van der Waals surface area contributed by atoms with Gasteiger partial charge in [0.2, 0.25) is 0 Å². The Hall–Kier alpha value is -1.03. The predicted molar refractivity (Wildman–Crippen MR) is 110 cm³/mol. The number of unbranched alkanes of at least 4 members (excludes halogenated alkanes) is 12. The third kappa shape index (κ3) is 10.8. The molecule has 4 heteroatoms. The predicted octanol–water partition coefficient (Wildman–Crippen LogP) is 6.02. The third-order valence-electron chi connectivity index (χ3n) is 5.06. The van der Waals surface area contributed by atoms with Crippen molar-refractivity contribution in [2.45, 2.75) is 104 Å². The molecule has 1 rings (SSSR count). The molecule has 152 valence electrons. The molecule has 0 saturated carbocycles. The lowest BCUT2D eigenvalue weighted by Crippen LogP contribution is -2.38. The molecule has 0 radical (unpaired) electrons. The highest BCUT2D eigenvalue weighted by Gasteiger charge is 2.26. The number of rotatable bonds is 17. The van der Waals surface area contributed by atoms with Crippen LogP contribution in [0.5, 0.6) is 0 Å². The minimum absolute atomic E-state index is 0.0153. The Morgan fingerprint density at radius 1 is 0.962 bits per heavy atom. The molecule has 1 unspecified atom stereocenters. The standard InChI is InChI=1S/C22H42N2O2/c1-3-5-6-7-8-9-10-11-12-13-14-15-16-17-18-21(26-4-2)24-20-19-23-22(24)25/h17-18,21H,3-16,19-20H2,1-2H3,(H,23,25). The largest absolute Gasteiger partial charge is 0.355 e. The summed E-state index contributed by atoms with van der Waals surface area (Å²) in [4.78, 5) is 13.5. The Kier molecular flexibility index (Phi) is 14.3. The molecular weight excluding hydrogens is 324 g/mol. The van der Waals surface area contributed by atoms with E-state index in [-0.39, 0.29) is 12.3 Å². The van der Waals surface area contributed by atoms with Crippen LogP contribution in [0.4, 0.5) is 4.79 Å². The number of hydrogen-bond donors (Lipinski definition) is 1. The topological polar surface area (TPSA) is 41.6 Å². The Morgan fingerprint density at radius 3 is 2.04 bits per heavy atom. The van der Waals surface area contributed by atoms with Gasteiger partial charge in [-0.2, -0.15) is 0 Å². The van der Waals surface area contributed by atoms with Crippen LogP contribution in [-0.4, -0.2) is 36.9 Å². The summed E-state index contributed by atoms with van der Waals surface area (Å²) in [6.07, 6.45) is 21.7. The van der Waals surface area contributed by atoms with Crippen molar-refractivity contribution >= 4 is 6.03 Å². The summed E-state index contributed by atoms with van der Waals surface area (Å²) in [6.45, 7) is 6.32. The first kappa shape index (κ1) is 23.0. The second-order valence-corrected chi connectivity index (χ2v) is 7.38. The van der Waals surface area contributed by atoms with Gasteiger partial charge in [0.25, 0.3) is 0 Å². The summed E-state index contributed by atoms with van der Waals surface area (Å²) in [7, 11) is 0. The Labute approximate surface area is 161 Å². The Balaban J connectivity index is 1.95. The summed E-state index contributed by atoms with van der Waals surface area (Å²) in [5, 5.41) is 2.83. The number of nitrogens with zero attached hydrogens (tertiary/aromatic N) is 1. The first-order chi connectivity index (χ1) is 12.8. The van der Waals surface area contributed by atoms with Crippen molar-refractivity contribution in [3.63, 3.8) is 0 Å². The van der Waals surface area contributed by atoms with Crippen LogP contribution < -0.4 is 5.32 Å². The summed E-state index contributed by atoms with van der Waals surface area (Å²) in [5.74, 6) is 0. The van der Waals surface area contributed by atoms with Gasteiger partial charge in [-0.25, -0.2) is 4.79 Å². The average molecular weight is 367 g/mol. The van der Waals surface area contributed by atoms with Gasteiger partial charge in [0.05, 0.1) is 0 Å². The highest BCUT2D eigenvalue weighted by atomic mass is 16.5. The van der Waals surface area contributed by atoms with Crippen molar-refractivity contribution in [3.8, 4) is 0 Å². The van der Waals surface area contributed by atoms with Crippen molar-refractivity contribution in [2.75, 3.05) is 19.7 Å². The number of carbonyl (C=O) groups is 1. The zero-order valence-electron chi connectivity index (χ0n) is 17.3. The van der Waals surface area contributed by atoms with Crippen LogP contribution in [0.1, 0.15) is 97.3 Å². The van der Waals surface area contributed by atoms with Gasteiger partial charge in [-0.1, -0.05) is 83.6 Å². The van der Waals surface area contributed by atoms with E-state index in [4.69, 9.17) is 4.74 Å². The molecular formula is C22H42N2O2. The van der Waals surface area contributed by atoms with E-state index >= 15 is 0 Å². The normalized spacial score (nSPS) is 15.8. The number of nitrogens with one attached hydrogen (secondary N) is 1. The van der Waals surface area contributed by atoms with Gasteiger partial charge < -0.3 is 10.1 Å². The first-order valence-corrected chi connectivity index (χ1v) is 11.1. The second-order valence-electron chi connectivity index (χ2n) is 7.38. The van der Waals surface area contributed by atoms with E-state index < -0.39 is 0 Å². The molecule has 1 saturated heterocycles. The lowest BCUT2D eigenvalue weighted by molar-refractivity contribution is 0.00936.